The highest BCUT2D eigenvalue weighted by Gasteiger charge is 2.10. The van der Waals surface area contributed by atoms with Gasteiger partial charge < -0.3 is 9.67 Å². The summed E-state index contributed by atoms with van der Waals surface area (Å²) in [4.78, 5) is 8.70. The second-order valence-corrected chi connectivity index (χ2v) is 5.66. The van der Waals surface area contributed by atoms with Gasteiger partial charge in [0, 0.05) is 11.8 Å². The van der Waals surface area contributed by atoms with Gasteiger partial charge in [-0.15, -0.1) is 11.3 Å². The summed E-state index contributed by atoms with van der Waals surface area (Å²) in [6.07, 6.45) is 1.91. The number of aliphatic hydroxyl groups excluding tert-OH is 1. The average Bonchev–Trinajstić information content (AvgIpc) is 2.97. The zero-order chi connectivity index (χ0) is 13.2. The number of aryl methyl sites for hydroxylation is 1. The Morgan fingerprint density at radius 1 is 1.37 bits per heavy atom. The highest BCUT2D eigenvalue weighted by molar-refractivity contribution is 7.09. The fourth-order valence-corrected chi connectivity index (χ4v) is 2.82. The van der Waals surface area contributed by atoms with Gasteiger partial charge in [-0.2, -0.15) is 0 Å². The molecule has 2 aromatic heterocycles. The van der Waals surface area contributed by atoms with Crippen molar-refractivity contribution < 1.29 is 5.11 Å². The van der Waals surface area contributed by atoms with E-state index in [-0.39, 0.29) is 0 Å². The Hall–Kier alpha value is -1.72. The maximum atomic E-state index is 10.2. The van der Waals surface area contributed by atoms with Gasteiger partial charge in [0.05, 0.1) is 40.7 Å². The van der Waals surface area contributed by atoms with Gasteiger partial charge in [-0.25, -0.2) is 9.97 Å². The lowest BCUT2D eigenvalue weighted by Gasteiger charge is -2.10. The zero-order valence-corrected chi connectivity index (χ0v) is 11.5. The van der Waals surface area contributed by atoms with Crippen molar-refractivity contribution in [2.75, 3.05) is 0 Å². The van der Waals surface area contributed by atoms with E-state index in [1.54, 1.807) is 17.7 Å². The Morgan fingerprint density at radius 3 is 3.00 bits per heavy atom. The predicted molar refractivity (Wildman–Crippen MR) is 76.3 cm³/mol. The molecule has 4 nitrogen and oxygen atoms in total. The molecule has 98 valence electrons. The number of nitrogens with zero attached hydrogens (tertiary/aromatic N) is 3. The fraction of sp³-hybridized carbons (Fsp3) is 0.286. The van der Waals surface area contributed by atoms with E-state index in [0.717, 1.165) is 21.7 Å². The van der Waals surface area contributed by atoms with Crippen molar-refractivity contribution in [2.45, 2.75) is 26.0 Å². The van der Waals surface area contributed by atoms with Crippen LogP contribution in [0.2, 0.25) is 0 Å². The van der Waals surface area contributed by atoms with E-state index < -0.39 is 6.10 Å². The van der Waals surface area contributed by atoms with E-state index >= 15 is 0 Å². The Kier molecular flexibility index (Phi) is 3.31. The van der Waals surface area contributed by atoms with Gasteiger partial charge >= 0.3 is 0 Å². The summed E-state index contributed by atoms with van der Waals surface area (Å²) in [5.74, 6) is 0. The largest absolute Gasteiger partial charge is 0.391 e. The van der Waals surface area contributed by atoms with Crippen LogP contribution < -0.4 is 0 Å². The van der Waals surface area contributed by atoms with Gasteiger partial charge in [-0.3, -0.25) is 0 Å². The van der Waals surface area contributed by atoms with Gasteiger partial charge in [0.15, 0.2) is 0 Å². The van der Waals surface area contributed by atoms with Crippen molar-refractivity contribution in [3.63, 3.8) is 0 Å². The van der Waals surface area contributed by atoms with Gasteiger partial charge in [-0.1, -0.05) is 12.1 Å². The third-order valence-corrected chi connectivity index (χ3v) is 3.87. The van der Waals surface area contributed by atoms with Crippen molar-refractivity contribution in [2.24, 2.45) is 0 Å². The van der Waals surface area contributed by atoms with Gasteiger partial charge in [0.2, 0.25) is 0 Å². The van der Waals surface area contributed by atoms with E-state index in [2.05, 4.69) is 9.97 Å². The second-order valence-electron chi connectivity index (χ2n) is 4.60. The lowest BCUT2D eigenvalue weighted by Crippen LogP contribution is -2.18. The van der Waals surface area contributed by atoms with E-state index in [9.17, 15) is 5.11 Å². The predicted octanol–water partition coefficient (Wildman–Crippen LogP) is 2.40. The number of hydrogen-bond donors (Lipinski definition) is 1. The SMILES string of the molecule is Cc1nc(CC(O)Cn2cnc3ccccc32)cs1. The molecule has 0 amide bonds. The number of benzene rings is 1. The number of aromatic nitrogens is 3. The molecular weight excluding hydrogens is 258 g/mol. The Morgan fingerprint density at radius 2 is 2.21 bits per heavy atom. The third kappa shape index (κ3) is 2.67. The maximum Gasteiger partial charge on any atom is 0.0959 e. The minimum Gasteiger partial charge on any atom is -0.391 e. The molecule has 3 aromatic rings. The van der Waals surface area contributed by atoms with E-state index in [0.29, 0.717) is 13.0 Å². The van der Waals surface area contributed by atoms with Crippen LogP contribution in [0.4, 0.5) is 0 Å². The van der Waals surface area contributed by atoms with Crippen LogP contribution in [0.25, 0.3) is 11.0 Å². The smallest absolute Gasteiger partial charge is 0.0959 e. The number of fused-ring (bicyclic) bond motifs is 1. The zero-order valence-electron chi connectivity index (χ0n) is 10.7. The molecule has 0 spiro atoms. The molecule has 1 atom stereocenters. The maximum absolute atomic E-state index is 10.2. The molecule has 1 unspecified atom stereocenters. The number of hydrogen-bond acceptors (Lipinski definition) is 4. The van der Waals surface area contributed by atoms with Crippen molar-refractivity contribution in [3.8, 4) is 0 Å². The molecule has 5 heteroatoms. The molecule has 0 radical (unpaired) electrons. The average molecular weight is 273 g/mol. The summed E-state index contributed by atoms with van der Waals surface area (Å²) in [5, 5.41) is 13.2. The van der Waals surface area contributed by atoms with Crippen molar-refractivity contribution in [1.29, 1.82) is 0 Å². The highest BCUT2D eigenvalue weighted by atomic mass is 32.1. The fourth-order valence-electron chi connectivity index (χ4n) is 2.19. The number of imidazole rings is 1. The molecule has 1 aromatic carbocycles. The van der Waals surface area contributed by atoms with Gasteiger partial charge in [-0.05, 0) is 19.1 Å². The number of para-hydroxylation sites is 2. The molecule has 0 aliphatic heterocycles. The first kappa shape index (κ1) is 12.3. The molecule has 0 fully saturated rings. The molecule has 3 rings (SSSR count). The normalized spacial score (nSPS) is 12.9. The van der Waals surface area contributed by atoms with Gasteiger partial charge in [0.25, 0.3) is 0 Å². The first-order chi connectivity index (χ1) is 9.22. The van der Waals surface area contributed by atoms with Gasteiger partial charge in [0.1, 0.15) is 0 Å². The summed E-state index contributed by atoms with van der Waals surface area (Å²) in [7, 11) is 0. The quantitative estimate of drug-likeness (QED) is 0.794. The van der Waals surface area contributed by atoms with Crippen LogP contribution in [0.5, 0.6) is 0 Å². The molecular formula is C14H15N3OS. The van der Waals surface area contributed by atoms with Crippen LogP contribution in [0, 0.1) is 6.92 Å². The van der Waals surface area contributed by atoms with Crippen LogP contribution in [0.15, 0.2) is 36.0 Å². The molecule has 0 aliphatic carbocycles. The highest BCUT2D eigenvalue weighted by Crippen LogP contribution is 2.14. The molecule has 0 saturated carbocycles. The summed E-state index contributed by atoms with van der Waals surface area (Å²) in [6.45, 7) is 2.51. The van der Waals surface area contributed by atoms with Crippen LogP contribution in [0.3, 0.4) is 0 Å². The monoisotopic (exact) mass is 273 g/mol. The molecule has 0 saturated heterocycles. The van der Waals surface area contributed by atoms with Crippen molar-refractivity contribution in [1.82, 2.24) is 14.5 Å². The van der Waals surface area contributed by atoms with E-state index in [1.165, 1.54) is 0 Å². The van der Waals surface area contributed by atoms with Crippen molar-refractivity contribution >= 4 is 22.4 Å². The van der Waals surface area contributed by atoms with Crippen LogP contribution >= 0.6 is 11.3 Å². The number of thiazole rings is 1. The first-order valence-corrected chi connectivity index (χ1v) is 7.09. The standard InChI is InChI=1S/C14H15N3OS/c1-10-16-11(8-19-10)6-12(18)7-17-9-15-13-4-2-3-5-14(13)17/h2-5,8-9,12,18H,6-7H2,1H3. The summed E-state index contributed by atoms with van der Waals surface area (Å²) in [6, 6.07) is 7.94. The topological polar surface area (TPSA) is 50.9 Å². The summed E-state index contributed by atoms with van der Waals surface area (Å²) < 4.78 is 1.99. The van der Waals surface area contributed by atoms with Crippen LogP contribution in [-0.2, 0) is 13.0 Å². The minimum absolute atomic E-state index is 0.445. The first-order valence-electron chi connectivity index (χ1n) is 6.21. The lowest BCUT2D eigenvalue weighted by molar-refractivity contribution is 0.154. The minimum atomic E-state index is -0.445. The number of rotatable bonds is 4. The molecule has 0 bridgehead atoms. The second kappa shape index (κ2) is 5.11. The van der Waals surface area contributed by atoms with Crippen LogP contribution in [-0.4, -0.2) is 25.7 Å². The Balaban J connectivity index is 1.74. The summed E-state index contributed by atoms with van der Waals surface area (Å²) in [5.41, 5.74) is 2.97. The number of aliphatic hydroxyl groups is 1. The molecule has 19 heavy (non-hydrogen) atoms. The molecule has 1 N–H and O–H groups in total. The van der Waals surface area contributed by atoms with Crippen molar-refractivity contribution in [3.05, 3.63) is 46.7 Å². The molecule has 2 heterocycles. The molecule has 0 aliphatic rings. The van der Waals surface area contributed by atoms with Crippen LogP contribution in [0.1, 0.15) is 10.7 Å². The Bertz CT molecular complexity index is 689. The van der Waals surface area contributed by atoms with E-state index in [1.807, 2.05) is 41.1 Å². The lowest BCUT2D eigenvalue weighted by atomic mass is 10.2. The van der Waals surface area contributed by atoms with E-state index in [4.69, 9.17) is 0 Å². The third-order valence-electron chi connectivity index (χ3n) is 3.05. The summed E-state index contributed by atoms with van der Waals surface area (Å²) >= 11 is 1.62. The Labute approximate surface area is 115 Å².